The molecule has 4 rings (SSSR count). The van der Waals surface area contributed by atoms with Gasteiger partial charge in [-0.25, -0.2) is 19.2 Å². The number of anilines is 1. The highest BCUT2D eigenvalue weighted by Gasteiger charge is 2.44. The van der Waals surface area contributed by atoms with Crippen LogP contribution in [0.25, 0.3) is 0 Å². The van der Waals surface area contributed by atoms with Gasteiger partial charge in [0.1, 0.15) is 0 Å². The number of fused-ring (bicyclic) bond motifs is 1. The number of nitrogens with zero attached hydrogens (tertiary/aromatic N) is 3. The van der Waals surface area contributed by atoms with E-state index >= 15 is 0 Å². The molecule has 0 aromatic carbocycles. The maximum absolute atomic E-state index is 12.9. The fourth-order valence-electron chi connectivity index (χ4n) is 3.36. The molecular weight excluding hydrogens is 428 g/mol. The molecule has 2 N–H and O–H groups in total. The first-order valence-corrected chi connectivity index (χ1v) is 9.11. The summed E-state index contributed by atoms with van der Waals surface area (Å²) in [6.07, 6.45) is -1.19. The number of carbonyl (C=O) groups is 2. The van der Waals surface area contributed by atoms with Crippen molar-refractivity contribution in [1.29, 1.82) is 0 Å². The van der Waals surface area contributed by atoms with Crippen LogP contribution < -0.4 is 10.2 Å². The Labute approximate surface area is 173 Å². The van der Waals surface area contributed by atoms with Crippen molar-refractivity contribution < 1.29 is 41.4 Å². The van der Waals surface area contributed by atoms with Gasteiger partial charge in [0.2, 0.25) is 5.95 Å². The molecular formula is C18H18F4N4O5. The summed E-state index contributed by atoms with van der Waals surface area (Å²) < 4.78 is 55.6. The zero-order valence-electron chi connectivity index (χ0n) is 15.9. The monoisotopic (exact) mass is 446 g/mol. The van der Waals surface area contributed by atoms with E-state index in [1.807, 2.05) is 4.90 Å². The van der Waals surface area contributed by atoms with E-state index in [1.54, 1.807) is 12.1 Å². The van der Waals surface area contributed by atoms with Crippen molar-refractivity contribution >= 4 is 17.8 Å². The van der Waals surface area contributed by atoms with E-state index in [0.29, 0.717) is 31.4 Å². The van der Waals surface area contributed by atoms with Crippen molar-refractivity contribution in [3.05, 3.63) is 42.4 Å². The summed E-state index contributed by atoms with van der Waals surface area (Å²) in [4.78, 5) is 30.9. The van der Waals surface area contributed by atoms with Crippen molar-refractivity contribution in [2.75, 3.05) is 31.1 Å². The Balaban J connectivity index is 0.000000339. The van der Waals surface area contributed by atoms with Gasteiger partial charge in [0.05, 0.1) is 31.4 Å². The molecule has 2 aliphatic heterocycles. The Hall–Kier alpha value is -3.22. The summed E-state index contributed by atoms with van der Waals surface area (Å²) in [5.74, 6) is -2.11. The van der Waals surface area contributed by atoms with Crippen LogP contribution in [0.1, 0.15) is 10.6 Å². The number of carboxylic acids is 1. The summed E-state index contributed by atoms with van der Waals surface area (Å²) in [7, 11) is 0. The molecule has 2 fully saturated rings. The highest BCUT2D eigenvalue weighted by molar-refractivity contribution is 5.91. The van der Waals surface area contributed by atoms with E-state index in [0.717, 1.165) is 6.54 Å². The minimum absolute atomic E-state index is 0.0872. The van der Waals surface area contributed by atoms with Gasteiger partial charge in [0.15, 0.2) is 11.6 Å². The number of carboxylic acid groups (broad SMARTS) is 1. The Morgan fingerprint density at radius 2 is 1.94 bits per heavy atom. The Morgan fingerprint density at radius 1 is 1.26 bits per heavy atom. The number of amides is 1. The van der Waals surface area contributed by atoms with E-state index < -0.39 is 18.0 Å². The zero-order valence-corrected chi connectivity index (χ0v) is 15.9. The third kappa shape index (κ3) is 5.69. The molecule has 31 heavy (non-hydrogen) atoms. The molecule has 13 heteroatoms. The predicted octanol–water partition coefficient (Wildman–Crippen LogP) is 1.72. The second kappa shape index (κ2) is 9.29. The molecule has 1 amide bonds. The van der Waals surface area contributed by atoms with Crippen molar-refractivity contribution in [3.8, 4) is 0 Å². The van der Waals surface area contributed by atoms with E-state index in [-0.39, 0.29) is 23.8 Å². The van der Waals surface area contributed by atoms with Crippen LogP contribution in [-0.4, -0.2) is 65.5 Å². The molecule has 2 saturated heterocycles. The number of ether oxygens (including phenoxy) is 1. The van der Waals surface area contributed by atoms with Crippen LogP contribution in [-0.2, 0) is 9.53 Å². The van der Waals surface area contributed by atoms with Crippen LogP contribution >= 0.6 is 0 Å². The van der Waals surface area contributed by atoms with E-state index in [4.69, 9.17) is 19.1 Å². The standard InChI is InChI=1S/C16H17FN4O3.C2HF3O2/c17-11-5-19-16(20-6-11)21-7-12-10(9-24-14(12)8-21)4-18-15(22)13-2-1-3-23-13;3-2(4,5)1(6)7/h1-3,5-6,10,12,14H,4,7-9H2,(H,18,22);(H,6,7)/t10-,12+,14+;/m0./s1. The predicted molar refractivity (Wildman–Crippen MR) is 95.7 cm³/mol. The first-order chi connectivity index (χ1) is 14.6. The summed E-state index contributed by atoms with van der Waals surface area (Å²) in [6, 6.07) is 3.31. The van der Waals surface area contributed by atoms with Crippen LogP contribution in [0, 0.1) is 17.7 Å². The van der Waals surface area contributed by atoms with Crippen molar-refractivity contribution in [1.82, 2.24) is 15.3 Å². The number of alkyl halides is 3. The molecule has 2 aromatic rings. The van der Waals surface area contributed by atoms with Crippen LogP contribution in [0.4, 0.5) is 23.5 Å². The lowest BCUT2D eigenvalue weighted by Crippen LogP contribution is -2.34. The number of aliphatic carboxylic acids is 1. The highest BCUT2D eigenvalue weighted by atomic mass is 19.4. The van der Waals surface area contributed by atoms with Gasteiger partial charge in [-0.3, -0.25) is 4.79 Å². The number of rotatable bonds is 4. The second-order valence-electron chi connectivity index (χ2n) is 6.89. The fourth-order valence-corrected chi connectivity index (χ4v) is 3.36. The molecule has 9 nitrogen and oxygen atoms in total. The Kier molecular flexibility index (Phi) is 6.73. The quantitative estimate of drug-likeness (QED) is 0.682. The normalized spacial score (nSPS) is 22.5. The Bertz CT molecular complexity index is 891. The first-order valence-electron chi connectivity index (χ1n) is 9.11. The SMILES string of the molecule is O=C(NC[C@H]1CO[C@@H]2CN(c3ncc(F)cn3)C[C@H]12)c1ccco1.O=C(O)C(F)(F)F. The van der Waals surface area contributed by atoms with Crippen LogP contribution in [0.3, 0.4) is 0 Å². The van der Waals surface area contributed by atoms with Gasteiger partial charge in [0.25, 0.3) is 5.91 Å². The molecule has 0 spiro atoms. The fraction of sp³-hybridized carbons (Fsp3) is 0.444. The number of halogens is 4. The molecule has 0 radical (unpaired) electrons. The summed E-state index contributed by atoms with van der Waals surface area (Å²) in [5.41, 5.74) is 0. The molecule has 0 bridgehead atoms. The van der Waals surface area contributed by atoms with Gasteiger partial charge < -0.3 is 24.5 Å². The summed E-state index contributed by atoms with van der Waals surface area (Å²) in [6.45, 7) is 2.56. The molecule has 0 unspecified atom stereocenters. The largest absolute Gasteiger partial charge is 0.490 e. The van der Waals surface area contributed by atoms with E-state index in [1.165, 1.54) is 18.7 Å². The average molecular weight is 446 g/mol. The van der Waals surface area contributed by atoms with Crippen LogP contribution in [0.15, 0.2) is 35.2 Å². The zero-order chi connectivity index (χ0) is 22.6. The molecule has 2 aromatic heterocycles. The third-order valence-electron chi connectivity index (χ3n) is 4.84. The Morgan fingerprint density at radius 3 is 2.52 bits per heavy atom. The summed E-state index contributed by atoms with van der Waals surface area (Å²) in [5, 5.41) is 10.0. The van der Waals surface area contributed by atoms with Crippen LogP contribution in [0.2, 0.25) is 0 Å². The van der Waals surface area contributed by atoms with Crippen molar-refractivity contribution in [2.45, 2.75) is 12.3 Å². The minimum Gasteiger partial charge on any atom is -0.475 e. The second-order valence-corrected chi connectivity index (χ2v) is 6.89. The van der Waals surface area contributed by atoms with Gasteiger partial charge in [-0.15, -0.1) is 0 Å². The van der Waals surface area contributed by atoms with Gasteiger partial charge in [-0.1, -0.05) is 0 Å². The van der Waals surface area contributed by atoms with E-state index in [2.05, 4.69) is 15.3 Å². The molecule has 3 atom stereocenters. The van der Waals surface area contributed by atoms with E-state index in [9.17, 15) is 22.4 Å². The number of hydrogen-bond acceptors (Lipinski definition) is 7. The maximum atomic E-state index is 12.9. The first kappa shape index (κ1) is 22.5. The highest BCUT2D eigenvalue weighted by Crippen LogP contribution is 2.34. The number of hydrogen-bond donors (Lipinski definition) is 2. The maximum Gasteiger partial charge on any atom is 0.490 e. The molecule has 4 heterocycles. The molecule has 0 saturated carbocycles. The van der Waals surface area contributed by atoms with Gasteiger partial charge in [-0.2, -0.15) is 13.2 Å². The van der Waals surface area contributed by atoms with Crippen LogP contribution in [0.5, 0.6) is 0 Å². The molecule has 0 aliphatic carbocycles. The lowest BCUT2D eigenvalue weighted by molar-refractivity contribution is -0.192. The average Bonchev–Trinajstić information content (AvgIpc) is 3.44. The molecule has 2 aliphatic rings. The lowest BCUT2D eigenvalue weighted by Gasteiger charge is -2.19. The molecule has 168 valence electrons. The topological polar surface area (TPSA) is 118 Å². The third-order valence-corrected chi connectivity index (χ3v) is 4.84. The number of furan rings is 1. The smallest absolute Gasteiger partial charge is 0.475 e. The minimum atomic E-state index is -5.08. The van der Waals surface area contributed by atoms with Gasteiger partial charge in [-0.05, 0) is 12.1 Å². The van der Waals surface area contributed by atoms with Gasteiger partial charge in [0, 0.05) is 31.5 Å². The number of nitrogens with one attached hydrogen (secondary N) is 1. The van der Waals surface area contributed by atoms with Crippen molar-refractivity contribution in [3.63, 3.8) is 0 Å². The number of aromatic nitrogens is 2. The van der Waals surface area contributed by atoms with Crippen molar-refractivity contribution in [2.24, 2.45) is 11.8 Å². The summed E-state index contributed by atoms with van der Waals surface area (Å²) >= 11 is 0. The van der Waals surface area contributed by atoms with Gasteiger partial charge >= 0.3 is 12.1 Å². The lowest BCUT2D eigenvalue weighted by atomic mass is 9.93. The number of carbonyl (C=O) groups excluding carboxylic acids is 1.